The van der Waals surface area contributed by atoms with Crippen LogP contribution < -0.4 is 15.4 Å². The molecule has 7 heteroatoms. The third kappa shape index (κ3) is 4.27. The van der Waals surface area contributed by atoms with E-state index >= 15 is 0 Å². The molecule has 1 aliphatic heterocycles. The van der Waals surface area contributed by atoms with Crippen molar-refractivity contribution in [3.8, 4) is 5.75 Å². The molecular weight excluding hydrogens is 328 g/mol. The van der Waals surface area contributed by atoms with Gasteiger partial charge in [0.1, 0.15) is 11.9 Å². The van der Waals surface area contributed by atoms with E-state index in [2.05, 4.69) is 20.8 Å². The van der Waals surface area contributed by atoms with Gasteiger partial charge in [0.05, 0.1) is 6.54 Å². The minimum absolute atomic E-state index is 0. The van der Waals surface area contributed by atoms with Crippen molar-refractivity contribution in [1.29, 1.82) is 0 Å². The Labute approximate surface area is 147 Å². The average molecular weight is 351 g/mol. The number of halogens is 1. The van der Waals surface area contributed by atoms with Crippen molar-refractivity contribution < 1.29 is 9.53 Å². The minimum atomic E-state index is -0.162. The maximum atomic E-state index is 12.3. The number of nitrogens with one attached hydrogen (secondary N) is 3. The number of carbonyl (C=O) groups is 1. The van der Waals surface area contributed by atoms with Crippen LogP contribution in [0, 0.1) is 6.92 Å². The third-order valence-electron chi connectivity index (χ3n) is 3.93. The molecule has 130 valence electrons. The maximum Gasteiger partial charge on any atom is 0.272 e. The van der Waals surface area contributed by atoms with Gasteiger partial charge in [-0.05, 0) is 26.0 Å². The fourth-order valence-corrected chi connectivity index (χ4v) is 2.62. The summed E-state index contributed by atoms with van der Waals surface area (Å²) in [6.45, 7) is 6.00. The molecule has 1 aromatic heterocycles. The number of amides is 1. The molecule has 1 aliphatic rings. The van der Waals surface area contributed by atoms with Crippen LogP contribution in [0.5, 0.6) is 5.75 Å². The summed E-state index contributed by atoms with van der Waals surface area (Å²) in [5.41, 5.74) is 3.70. The summed E-state index contributed by atoms with van der Waals surface area (Å²) in [6.07, 6.45) is 0.761. The number of ether oxygens (including phenoxy) is 1. The second kappa shape index (κ2) is 8.17. The van der Waals surface area contributed by atoms with Crippen molar-refractivity contribution in [3.63, 3.8) is 0 Å². The van der Waals surface area contributed by atoms with Gasteiger partial charge in [0.25, 0.3) is 5.91 Å². The Kier molecular flexibility index (Phi) is 6.23. The molecule has 0 saturated carbocycles. The van der Waals surface area contributed by atoms with Gasteiger partial charge in [0, 0.05) is 30.8 Å². The van der Waals surface area contributed by atoms with Crippen LogP contribution in [0.25, 0.3) is 0 Å². The zero-order chi connectivity index (χ0) is 16.2. The first kappa shape index (κ1) is 18.3. The van der Waals surface area contributed by atoms with E-state index in [1.54, 1.807) is 0 Å². The van der Waals surface area contributed by atoms with E-state index in [0.717, 1.165) is 30.0 Å². The van der Waals surface area contributed by atoms with Crippen molar-refractivity contribution in [2.45, 2.75) is 32.9 Å². The Morgan fingerprint density at radius 2 is 2.12 bits per heavy atom. The van der Waals surface area contributed by atoms with E-state index in [4.69, 9.17) is 4.74 Å². The monoisotopic (exact) mass is 350 g/mol. The number of fused-ring (bicyclic) bond motifs is 1. The number of benzene rings is 1. The van der Waals surface area contributed by atoms with E-state index in [-0.39, 0.29) is 24.4 Å². The average Bonchev–Trinajstić information content (AvgIpc) is 2.99. The smallest absolute Gasteiger partial charge is 0.272 e. The van der Waals surface area contributed by atoms with Crippen molar-refractivity contribution in [2.24, 2.45) is 0 Å². The molecule has 0 spiro atoms. The lowest BCUT2D eigenvalue weighted by atomic mass is 10.1. The lowest BCUT2D eigenvalue weighted by Gasteiger charge is -2.16. The van der Waals surface area contributed by atoms with Gasteiger partial charge < -0.3 is 15.4 Å². The van der Waals surface area contributed by atoms with Crippen molar-refractivity contribution >= 4 is 18.3 Å². The van der Waals surface area contributed by atoms with Gasteiger partial charge in [0.15, 0.2) is 5.69 Å². The van der Waals surface area contributed by atoms with Crippen LogP contribution in [-0.4, -0.2) is 35.3 Å². The van der Waals surface area contributed by atoms with Gasteiger partial charge >= 0.3 is 0 Å². The fourth-order valence-electron chi connectivity index (χ4n) is 2.62. The second-order valence-corrected chi connectivity index (χ2v) is 5.91. The third-order valence-corrected chi connectivity index (χ3v) is 3.93. The van der Waals surface area contributed by atoms with Crippen LogP contribution in [0.15, 0.2) is 24.3 Å². The molecule has 6 nitrogen and oxygen atoms in total. The molecule has 1 unspecified atom stereocenters. The Morgan fingerprint density at radius 1 is 1.38 bits per heavy atom. The summed E-state index contributed by atoms with van der Waals surface area (Å²) in [4.78, 5) is 12.3. The molecule has 24 heavy (non-hydrogen) atoms. The highest BCUT2D eigenvalue weighted by Gasteiger charge is 2.21. The lowest BCUT2D eigenvalue weighted by molar-refractivity contribution is 0.0926. The normalized spacial score (nSPS) is 14.2. The van der Waals surface area contributed by atoms with E-state index in [9.17, 15) is 4.79 Å². The lowest BCUT2D eigenvalue weighted by Crippen LogP contribution is -2.35. The quantitative estimate of drug-likeness (QED) is 0.770. The Hall–Kier alpha value is -2.05. The number of nitrogens with zero attached hydrogens (tertiary/aromatic N) is 1. The number of carbonyl (C=O) groups excluding carboxylic acids is 1. The van der Waals surface area contributed by atoms with Gasteiger partial charge in [-0.25, -0.2) is 0 Å². The molecule has 0 bridgehead atoms. The van der Waals surface area contributed by atoms with E-state index in [1.165, 1.54) is 5.56 Å². The molecule has 3 rings (SSSR count). The Bertz CT molecular complexity index is 684. The van der Waals surface area contributed by atoms with Crippen molar-refractivity contribution in [3.05, 3.63) is 46.8 Å². The zero-order valence-corrected chi connectivity index (χ0v) is 14.7. The van der Waals surface area contributed by atoms with Gasteiger partial charge in [-0.15, -0.1) is 12.4 Å². The van der Waals surface area contributed by atoms with E-state index in [0.29, 0.717) is 18.8 Å². The van der Waals surface area contributed by atoms with Gasteiger partial charge in [0.2, 0.25) is 0 Å². The molecule has 0 aliphatic carbocycles. The molecular formula is C17H23ClN4O2. The first-order chi connectivity index (χ1) is 11.1. The SMILES string of the molecule is Cc1ccc(OC(C)CNC(=O)c2n[nH]c3c2CNCC3)cc1.Cl. The number of hydrogen-bond donors (Lipinski definition) is 3. The molecule has 2 aromatic rings. The van der Waals surface area contributed by atoms with E-state index < -0.39 is 0 Å². The Morgan fingerprint density at radius 3 is 2.88 bits per heavy atom. The number of aryl methyl sites for hydroxylation is 1. The molecule has 0 saturated heterocycles. The van der Waals surface area contributed by atoms with Crippen LogP contribution in [0.1, 0.15) is 34.2 Å². The van der Waals surface area contributed by atoms with E-state index in [1.807, 2.05) is 38.1 Å². The van der Waals surface area contributed by atoms with Crippen molar-refractivity contribution in [2.75, 3.05) is 13.1 Å². The highest BCUT2D eigenvalue weighted by atomic mass is 35.5. The molecule has 0 radical (unpaired) electrons. The van der Waals surface area contributed by atoms with Crippen LogP contribution in [0.2, 0.25) is 0 Å². The van der Waals surface area contributed by atoms with Gasteiger partial charge in [-0.3, -0.25) is 9.89 Å². The summed E-state index contributed by atoms with van der Waals surface area (Å²) in [5.74, 6) is 0.643. The summed E-state index contributed by atoms with van der Waals surface area (Å²) in [5, 5.41) is 13.3. The molecule has 0 fully saturated rings. The van der Waals surface area contributed by atoms with Gasteiger partial charge in [-0.2, -0.15) is 5.10 Å². The second-order valence-electron chi connectivity index (χ2n) is 5.91. The first-order valence-electron chi connectivity index (χ1n) is 7.92. The standard InChI is InChI=1S/C17H22N4O2.ClH/c1-11-3-5-13(6-4-11)23-12(2)9-19-17(22)16-14-10-18-8-7-15(14)20-21-16;/h3-6,12,18H,7-10H2,1-2H3,(H,19,22)(H,20,21);1H. The number of aromatic nitrogens is 2. The number of rotatable bonds is 5. The number of H-pyrrole nitrogens is 1. The predicted molar refractivity (Wildman–Crippen MR) is 94.8 cm³/mol. The van der Waals surface area contributed by atoms with Crippen LogP contribution in [0.4, 0.5) is 0 Å². The minimum Gasteiger partial charge on any atom is -0.489 e. The zero-order valence-electron chi connectivity index (χ0n) is 13.9. The highest BCUT2D eigenvalue weighted by molar-refractivity contribution is 5.94. The summed E-state index contributed by atoms with van der Waals surface area (Å²) in [6, 6.07) is 7.88. The molecule has 3 N–H and O–H groups in total. The van der Waals surface area contributed by atoms with Crippen LogP contribution >= 0.6 is 12.4 Å². The number of hydrogen-bond acceptors (Lipinski definition) is 4. The maximum absolute atomic E-state index is 12.3. The van der Waals surface area contributed by atoms with Crippen LogP contribution in [-0.2, 0) is 13.0 Å². The molecule has 1 atom stereocenters. The fraction of sp³-hybridized carbons (Fsp3) is 0.412. The van der Waals surface area contributed by atoms with Crippen LogP contribution in [0.3, 0.4) is 0 Å². The molecule has 2 heterocycles. The summed E-state index contributed by atoms with van der Waals surface area (Å²) < 4.78 is 5.79. The highest BCUT2D eigenvalue weighted by Crippen LogP contribution is 2.15. The summed E-state index contributed by atoms with van der Waals surface area (Å²) in [7, 11) is 0. The molecule has 1 aromatic carbocycles. The Balaban J connectivity index is 0.00000208. The number of aromatic amines is 1. The van der Waals surface area contributed by atoms with Crippen molar-refractivity contribution in [1.82, 2.24) is 20.8 Å². The largest absolute Gasteiger partial charge is 0.489 e. The first-order valence-corrected chi connectivity index (χ1v) is 7.92. The van der Waals surface area contributed by atoms with Gasteiger partial charge in [-0.1, -0.05) is 17.7 Å². The topological polar surface area (TPSA) is 79.0 Å². The summed E-state index contributed by atoms with van der Waals surface area (Å²) >= 11 is 0. The predicted octanol–water partition coefficient (Wildman–Crippen LogP) is 1.98. The molecule has 1 amide bonds.